The number of unbranched alkanes of at least 4 members (excludes halogenated alkanes) is 12. The first-order chi connectivity index (χ1) is 11.7. The average Bonchev–Trinajstić information content (AvgIpc) is 2.61. The van der Waals surface area contributed by atoms with Gasteiger partial charge in [0.15, 0.2) is 5.60 Å². The molecule has 1 radical (unpaired) electrons. The first-order valence-corrected chi connectivity index (χ1v) is 10.1. The van der Waals surface area contributed by atoms with Gasteiger partial charge < -0.3 is 10.2 Å². The molecule has 3 nitrogen and oxygen atoms in total. The second-order valence-electron chi connectivity index (χ2n) is 6.98. The van der Waals surface area contributed by atoms with Crippen LogP contribution in [0.25, 0.3) is 0 Å². The molecular formula is C21H39O3. The third-order valence-corrected chi connectivity index (χ3v) is 4.55. The van der Waals surface area contributed by atoms with Crippen LogP contribution in [-0.2, 0) is 4.79 Å². The molecule has 0 spiro atoms. The van der Waals surface area contributed by atoms with E-state index in [2.05, 4.69) is 19.1 Å². The van der Waals surface area contributed by atoms with Crippen molar-refractivity contribution in [3.63, 3.8) is 0 Å². The van der Waals surface area contributed by atoms with Gasteiger partial charge in [-0.2, -0.15) is 0 Å². The summed E-state index contributed by atoms with van der Waals surface area (Å²) in [5.41, 5.74) is -1.64. The van der Waals surface area contributed by atoms with E-state index in [1.165, 1.54) is 76.9 Å². The molecule has 0 aromatic rings. The summed E-state index contributed by atoms with van der Waals surface area (Å²) in [6.45, 7) is 1.73. The van der Waals surface area contributed by atoms with Crippen LogP contribution < -0.4 is 0 Å². The number of rotatable bonds is 18. The fraction of sp³-hybridized carbons (Fsp3) is 0.857. The molecule has 0 aromatic heterocycles. The molecular weight excluding hydrogens is 300 g/mol. The number of hydrogen-bond acceptors (Lipinski definition) is 3. The molecule has 0 saturated carbocycles. The van der Waals surface area contributed by atoms with Gasteiger partial charge in [-0.15, -0.1) is 0 Å². The largest absolute Gasteiger partial charge is 0.393 e. The molecule has 24 heavy (non-hydrogen) atoms. The summed E-state index contributed by atoms with van der Waals surface area (Å²) in [5.74, 6) is 0. The Balaban J connectivity index is 3.25. The summed E-state index contributed by atoms with van der Waals surface area (Å²) >= 11 is 0. The van der Waals surface area contributed by atoms with Crippen LogP contribution in [0.1, 0.15) is 103 Å². The average molecular weight is 340 g/mol. The minimum atomic E-state index is -1.64. The molecule has 2 N–H and O–H groups in total. The predicted octanol–water partition coefficient (Wildman–Crippen LogP) is 5.25. The van der Waals surface area contributed by atoms with Gasteiger partial charge in [0.25, 0.3) is 0 Å². The molecule has 0 aromatic carbocycles. The highest BCUT2D eigenvalue weighted by atomic mass is 16.3. The van der Waals surface area contributed by atoms with Crippen molar-refractivity contribution in [3.05, 3.63) is 12.2 Å². The van der Waals surface area contributed by atoms with Crippen molar-refractivity contribution in [1.82, 2.24) is 0 Å². The van der Waals surface area contributed by atoms with E-state index in [9.17, 15) is 9.90 Å². The minimum absolute atomic E-state index is 0.314. The Bertz CT molecular complexity index is 301. The van der Waals surface area contributed by atoms with Gasteiger partial charge in [-0.3, -0.25) is 4.79 Å². The van der Waals surface area contributed by atoms with Gasteiger partial charge in [0.2, 0.25) is 6.29 Å². The lowest BCUT2D eigenvalue weighted by Gasteiger charge is -2.16. The number of carbonyl (C=O) groups excluding carboxylic acids is 1. The zero-order valence-corrected chi connectivity index (χ0v) is 15.8. The van der Waals surface area contributed by atoms with Gasteiger partial charge in [0.05, 0.1) is 6.61 Å². The van der Waals surface area contributed by atoms with Crippen molar-refractivity contribution < 1.29 is 15.0 Å². The highest BCUT2D eigenvalue weighted by Gasteiger charge is 2.25. The number of allylic oxidation sites excluding steroid dienone is 2. The van der Waals surface area contributed by atoms with E-state index >= 15 is 0 Å². The standard InChI is InChI=1S/C21H39O3/c1-2-3-4-5-6-7-8-9-10-11-12-13-14-15-16-17-18-21(24,19-22)20-23/h9-10,22,24H,2-8,11-19H2,1H3/b10-9-. The second kappa shape index (κ2) is 17.2. The fourth-order valence-corrected chi connectivity index (χ4v) is 2.83. The van der Waals surface area contributed by atoms with Crippen LogP contribution in [0.3, 0.4) is 0 Å². The molecule has 0 rings (SSSR count). The molecule has 0 heterocycles. The highest BCUT2D eigenvalue weighted by Crippen LogP contribution is 2.15. The van der Waals surface area contributed by atoms with Crippen LogP contribution in [0.15, 0.2) is 12.2 Å². The molecule has 0 fully saturated rings. The minimum Gasteiger partial charge on any atom is -0.393 e. The topological polar surface area (TPSA) is 57.5 Å². The number of aliphatic hydroxyl groups excluding tert-OH is 1. The number of aliphatic hydroxyl groups is 2. The molecule has 1 atom stereocenters. The van der Waals surface area contributed by atoms with Gasteiger partial charge in [-0.1, -0.05) is 83.3 Å². The Hall–Kier alpha value is -0.670. The number of hydrogen-bond donors (Lipinski definition) is 2. The second-order valence-corrected chi connectivity index (χ2v) is 6.98. The van der Waals surface area contributed by atoms with Crippen LogP contribution in [0, 0.1) is 0 Å². The molecule has 1 unspecified atom stereocenters. The molecule has 0 bridgehead atoms. The lowest BCUT2D eigenvalue weighted by molar-refractivity contribution is 0.0333. The molecule has 0 aliphatic rings. The molecule has 0 aliphatic heterocycles. The lowest BCUT2D eigenvalue weighted by Crippen LogP contribution is -2.34. The van der Waals surface area contributed by atoms with Crippen molar-refractivity contribution in [2.24, 2.45) is 0 Å². The van der Waals surface area contributed by atoms with Crippen molar-refractivity contribution in [3.8, 4) is 0 Å². The van der Waals surface area contributed by atoms with Crippen LogP contribution >= 0.6 is 0 Å². The first kappa shape index (κ1) is 23.3. The van der Waals surface area contributed by atoms with Crippen LogP contribution in [0.5, 0.6) is 0 Å². The Kier molecular flexibility index (Phi) is 16.7. The third kappa shape index (κ3) is 14.9. The van der Waals surface area contributed by atoms with Crippen molar-refractivity contribution in [2.75, 3.05) is 6.61 Å². The summed E-state index contributed by atoms with van der Waals surface area (Å²) in [6, 6.07) is 0. The highest BCUT2D eigenvalue weighted by molar-refractivity contribution is 5.62. The van der Waals surface area contributed by atoms with Gasteiger partial charge in [0, 0.05) is 0 Å². The Morgan fingerprint density at radius 2 is 1.25 bits per heavy atom. The van der Waals surface area contributed by atoms with Crippen molar-refractivity contribution in [1.29, 1.82) is 0 Å². The summed E-state index contributed by atoms with van der Waals surface area (Å²) in [4.78, 5) is 10.5. The van der Waals surface area contributed by atoms with E-state index in [0.29, 0.717) is 6.42 Å². The zero-order chi connectivity index (χ0) is 17.9. The smallest absolute Gasteiger partial charge is 0.235 e. The van der Waals surface area contributed by atoms with E-state index in [1.807, 2.05) is 0 Å². The summed E-state index contributed by atoms with van der Waals surface area (Å²) in [7, 11) is 0. The summed E-state index contributed by atoms with van der Waals surface area (Å²) < 4.78 is 0. The maximum absolute atomic E-state index is 10.5. The molecule has 0 saturated heterocycles. The van der Waals surface area contributed by atoms with Crippen LogP contribution in [-0.4, -0.2) is 28.7 Å². The quantitative estimate of drug-likeness (QED) is 0.265. The van der Waals surface area contributed by atoms with Gasteiger partial charge in [-0.25, -0.2) is 0 Å². The van der Waals surface area contributed by atoms with Gasteiger partial charge >= 0.3 is 0 Å². The van der Waals surface area contributed by atoms with Crippen LogP contribution in [0.4, 0.5) is 0 Å². The van der Waals surface area contributed by atoms with Crippen molar-refractivity contribution >= 4 is 6.29 Å². The molecule has 141 valence electrons. The zero-order valence-electron chi connectivity index (χ0n) is 15.8. The van der Waals surface area contributed by atoms with E-state index in [1.54, 1.807) is 0 Å². The van der Waals surface area contributed by atoms with E-state index in [0.717, 1.165) is 19.3 Å². The molecule has 0 amide bonds. The molecule has 3 heteroatoms. The maximum atomic E-state index is 10.5. The SMILES string of the molecule is CCCCCCCC/C=C\CCCCCCCCC(O)([C]=O)CO. The van der Waals surface area contributed by atoms with E-state index < -0.39 is 12.2 Å². The normalized spacial score (nSPS) is 14.1. The Morgan fingerprint density at radius 3 is 1.71 bits per heavy atom. The lowest BCUT2D eigenvalue weighted by atomic mass is 9.98. The van der Waals surface area contributed by atoms with Gasteiger partial charge in [-0.05, 0) is 32.1 Å². The van der Waals surface area contributed by atoms with Crippen LogP contribution in [0.2, 0.25) is 0 Å². The predicted molar refractivity (Wildman–Crippen MR) is 102 cm³/mol. The molecule has 0 aliphatic carbocycles. The Morgan fingerprint density at radius 1 is 0.792 bits per heavy atom. The fourth-order valence-electron chi connectivity index (χ4n) is 2.83. The van der Waals surface area contributed by atoms with Crippen molar-refractivity contribution in [2.45, 2.75) is 109 Å². The maximum Gasteiger partial charge on any atom is 0.235 e. The summed E-state index contributed by atoms with van der Waals surface area (Å²) in [6.07, 6.45) is 23.7. The Labute approximate surface area is 149 Å². The first-order valence-electron chi connectivity index (χ1n) is 10.1. The third-order valence-electron chi connectivity index (χ3n) is 4.55. The van der Waals surface area contributed by atoms with Gasteiger partial charge in [0.1, 0.15) is 0 Å². The summed E-state index contributed by atoms with van der Waals surface area (Å²) in [5, 5.41) is 18.5. The van der Waals surface area contributed by atoms with E-state index in [-0.39, 0.29) is 0 Å². The van der Waals surface area contributed by atoms with E-state index in [4.69, 9.17) is 5.11 Å². The monoisotopic (exact) mass is 339 g/mol.